The fraction of sp³-hybridized carbons (Fsp3) is 0.300. The average molecular weight is 249 g/mol. The molecule has 0 fully saturated rings. The molecule has 0 spiro atoms. The lowest BCUT2D eigenvalue weighted by Gasteiger charge is -2.13. The van der Waals surface area contributed by atoms with Crippen molar-refractivity contribution in [3.05, 3.63) is 33.8 Å². The molecule has 0 aliphatic carbocycles. The summed E-state index contributed by atoms with van der Waals surface area (Å²) in [6, 6.07) is 4.72. The maximum absolute atomic E-state index is 11.0. The summed E-state index contributed by atoms with van der Waals surface area (Å²) in [4.78, 5) is 11.0. The smallest absolute Gasteiger partial charge is 0.313 e. The predicted octanol–water partition coefficient (Wildman–Crippen LogP) is 2.81. The number of carboxylic acids is 1. The summed E-state index contributed by atoms with van der Waals surface area (Å²) >= 11 is 11.6. The van der Waals surface area contributed by atoms with Gasteiger partial charge in [0.1, 0.15) is 5.92 Å². The van der Waals surface area contributed by atoms with Gasteiger partial charge in [0.15, 0.2) is 0 Å². The average Bonchev–Trinajstić information content (AvgIpc) is 2.15. The molecule has 0 heterocycles. The highest BCUT2D eigenvalue weighted by atomic mass is 35.5. The summed E-state index contributed by atoms with van der Waals surface area (Å²) in [7, 11) is 1.44. The zero-order chi connectivity index (χ0) is 11.4. The molecule has 0 aliphatic rings. The number of methoxy groups -OCH3 is 1. The molecule has 1 rings (SSSR count). The van der Waals surface area contributed by atoms with Gasteiger partial charge < -0.3 is 9.84 Å². The summed E-state index contributed by atoms with van der Waals surface area (Å²) in [6.45, 7) is 0.0800. The van der Waals surface area contributed by atoms with Crippen molar-refractivity contribution in [2.45, 2.75) is 5.92 Å². The highest BCUT2D eigenvalue weighted by Crippen LogP contribution is 2.27. The number of benzene rings is 1. The lowest BCUT2D eigenvalue weighted by molar-refractivity contribution is -0.140. The second-order valence-electron chi connectivity index (χ2n) is 3.01. The first kappa shape index (κ1) is 12.3. The minimum absolute atomic E-state index is 0.0800. The van der Waals surface area contributed by atoms with Gasteiger partial charge >= 0.3 is 5.97 Å². The van der Waals surface area contributed by atoms with Crippen molar-refractivity contribution in [1.29, 1.82) is 0 Å². The molecular formula is C10H10Cl2O3. The van der Waals surface area contributed by atoms with Gasteiger partial charge in [-0.3, -0.25) is 4.79 Å². The van der Waals surface area contributed by atoms with Crippen molar-refractivity contribution < 1.29 is 14.6 Å². The Morgan fingerprint density at radius 1 is 1.53 bits per heavy atom. The van der Waals surface area contributed by atoms with Gasteiger partial charge in [0.05, 0.1) is 6.61 Å². The topological polar surface area (TPSA) is 46.5 Å². The number of ether oxygens (including phenoxy) is 1. The number of halogens is 2. The van der Waals surface area contributed by atoms with Crippen LogP contribution < -0.4 is 0 Å². The molecule has 0 saturated heterocycles. The van der Waals surface area contributed by atoms with Gasteiger partial charge in [-0.25, -0.2) is 0 Å². The second-order valence-corrected chi connectivity index (χ2v) is 3.86. The largest absolute Gasteiger partial charge is 0.481 e. The Labute approximate surface area is 97.6 Å². The second kappa shape index (κ2) is 5.35. The van der Waals surface area contributed by atoms with Gasteiger partial charge in [-0.05, 0) is 17.7 Å². The molecular weight excluding hydrogens is 239 g/mol. The van der Waals surface area contributed by atoms with Crippen molar-refractivity contribution in [3.8, 4) is 0 Å². The van der Waals surface area contributed by atoms with E-state index in [1.807, 2.05) is 0 Å². The lowest BCUT2D eigenvalue weighted by Crippen LogP contribution is -2.17. The first-order valence-corrected chi connectivity index (χ1v) is 4.98. The first-order valence-electron chi connectivity index (χ1n) is 4.23. The summed E-state index contributed by atoms with van der Waals surface area (Å²) in [5.74, 6) is -1.74. The zero-order valence-corrected chi connectivity index (χ0v) is 9.55. The molecule has 15 heavy (non-hydrogen) atoms. The molecule has 0 aromatic heterocycles. The Morgan fingerprint density at radius 2 is 2.20 bits per heavy atom. The van der Waals surface area contributed by atoms with Crippen LogP contribution in [0.15, 0.2) is 18.2 Å². The van der Waals surface area contributed by atoms with Crippen LogP contribution in [0.2, 0.25) is 10.0 Å². The van der Waals surface area contributed by atoms with Crippen LogP contribution in [-0.4, -0.2) is 24.8 Å². The Balaban J connectivity index is 3.05. The van der Waals surface area contributed by atoms with E-state index in [4.69, 9.17) is 33.0 Å². The zero-order valence-electron chi connectivity index (χ0n) is 8.04. The van der Waals surface area contributed by atoms with Gasteiger partial charge in [-0.1, -0.05) is 29.3 Å². The van der Waals surface area contributed by atoms with E-state index in [0.717, 1.165) is 0 Å². The molecule has 1 unspecified atom stereocenters. The van der Waals surface area contributed by atoms with Crippen LogP contribution >= 0.6 is 23.2 Å². The maximum atomic E-state index is 11.0. The van der Waals surface area contributed by atoms with Crippen LogP contribution in [-0.2, 0) is 9.53 Å². The predicted molar refractivity (Wildman–Crippen MR) is 58.7 cm³/mol. The molecule has 0 saturated carbocycles. The molecule has 0 aliphatic heterocycles. The monoisotopic (exact) mass is 248 g/mol. The fourth-order valence-corrected chi connectivity index (χ4v) is 1.79. The summed E-state index contributed by atoms with van der Waals surface area (Å²) < 4.78 is 4.83. The van der Waals surface area contributed by atoms with Crippen molar-refractivity contribution in [1.82, 2.24) is 0 Å². The summed E-state index contributed by atoms with van der Waals surface area (Å²) in [5.41, 5.74) is 0.510. The maximum Gasteiger partial charge on any atom is 0.313 e. The fourth-order valence-electron chi connectivity index (χ4n) is 1.24. The van der Waals surface area contributed by atoms with Crippen molar-refractivity contribution in [3.63, 3.8) is 0 Å². The minimum Gasteiger partial charge on any atom is -0.481 e. The number of rotatable bonds is 4. The van der Waals surface area contributed by atoms with Crippen LogP contribution in [0.4, 0.5) is 0 Å². The van der Waals surface area contributed by atoms with E-state index < -0.39 is 11.9 Å². The van der Waals surface area contributed by atoms with Crippen LogP contribution in [0.25, 0.3) is 0 Å². The third kappa shape index (κ3) is 3.09. The van der Waals surface area contributed by atoms with Crippen molar-refractivity contribution >= 4 is 29.2 Å². The van der Waals surface area contributed by atoms with E-state index in [1.165, 1.54) is 13.2 Å². The molecule has 1 atom stereocenters. The Hall–Kier alpha value is -0.770. The highest BCUT2D eigenvalue weighted by molar-refractivity contribution is 6.35. The van der Waals surface area contributed by atoms with E-state index >= 15 is 0 Å². The lowest BCUT2D eigenvalue weighted by atomic mass is 10.0. The Morgan fingerprint density at radius 3 is 2.67 bits per heavy atom. The minimum atomic E-state index is -0.971. The quantitative estimate of drug-likeness (QED) is 0.892. The summed E-state index contributed by atoms with van der Waals surface area (Å²) in [6.07, 6.45) is 0. The van der Waals surface area contributed by atoms with E-state index in [9.17, 15) is 4.79 Å². The molecule has 1 N–H and O–H groups in total. The van der Waals surface area contributed by atoms with Gasteiger partial charge in [0.2, 0.25) is 0 Å². The Kier molecular flexibility index (Phi) is 4.39. The van der Waals surface area contributed by atoms with E-state index in [2.05, 4.69) is 0 Å². The molecule has 5 heteroatoms. The third-order valence-electron chi connectivity index (χ3n) is 1.97. The van der Waals surface area contributed by atoms with Crippen molar-refractivity contribution in [2.75, 3.05) is 13.7 Å². The molecule has 3 nitrogen and oxygen atoms in total. The van der Waals surface area contributed by atoms with Gasteiger partial charge in [-0.15, -0.1) is 0 Å². The number of hydrogen-bond donors (Lipinski definition) is 1. The standard InChI is InChI=1S/C10H10Cl2O3/c1-15-5-8(10(13)14)7-3-2-6(11)4-9(7)12/h2-4,8H,5H2,1H3,(H,13,14). The van der Waals surface area contributed by atoms with Crippen LogP contribution in [0.1, 0.15) is 11.5 Å². The third-order valence-corrected chi connectivity index (χ3v) is 2.53. The van der Waals surface area contributed by atoms with E-state index in [-0.39, 0.29) is 6.61 Å². The number of aliphatic carboxylic acids is 1. The molecule has 0 bridgehead atoms. The van der Waals surface area contributed by atoms with Gasteiger partial charge in [0.25, 0.3) is 0 Å². The SMILES string of the molecule is COCC(C(=O)O)c1ccc(Cl)cc1Cl. The van der Waals surface area contributed by atoms with Crippen LogP contribution in [0.3, 0.4) is 0 Å². The number of carboxylic acid groups (broad SMARTS) is 1. The van der Waals surface area contributed by atoms with Crippen LogP contribution in [0, 0.1) is 0 Å². The first-order chi connectivity index (χ1) is 7.06. The van der Waals surface area contributed by atoms with E-state index in [0.29, 0.717) is 15.6 Å². The highest BCUT2D eigenvalue weighted by Gasteiger charge is 2.22. The number of hydrogen-bond acceptors (Lipinski definition) is 2. The van der Waals surface area contributed by atoms with E-state index in [1.54, 1.807) is 12.1 Å². The van der Waals surface area contributed by atoms with Crippen LogP contribution in [0.5, 0.6) is 0 Å². The molecule has 0 amide bonds. The molecule has 1 aromatic rings. The summed E-state index contributed by atoms with van der Waals surface area (Å²) in [5, 5.41) is 9.80. The van der Waals surface area contributed by atoms with Gasteiger partial charge in [0, 0.05) is 17.2 Å². The van der Waals surface area contributed by atoms with Gasteiger partial charge in [-0.2, -0.15) is 0 Å². The Bertz CT molecular complexity index is 366. The van der Waals surface area contributed by atoms with Crippen molar-refractivity contribution in [2.24, 2.45) is 0 Å². The molecule has 0 radical (unpaired) electrons. The molecule has 1 aromatic carbocycles. The molecule has 82 valence electrons. The normalized spacial score (nSPS) is 12.5. The number of carbonyl (C=O) groups is 1.